The lowest BCUT2D eigenvalue weighted by Gasteiger charge is -2.28. The summed E-state index contributed by atoms with van der Waals surface area (Å²) in [6.45, 7) is 2.20. The minimum absolute atomic E-state index is 0.112. The van der Waals surface area contributed by atoms with Crippen LogP contribution in [-0.2, 0) is 33.0 Å². The van der Waals surface area contributed by atoms with Crippen molar-refractivity contribution in [2.45, 2.75) is 38.8 Å². The number of aryl methyl sites for hydroxylation is 2. The molecule has 21 heavy (non-hydrogen) atoms. The van der Waals surface area contributed by atoms with Crippen LogP contribution in [0.15, 0.2) is 12.5 Å². The second-order valence-electron chi connectivity index (χ2n) is 5.91. The Labute approximate surface area is 123 Å². The van der Waals surface area contributed by atoms with E-state index in [4.69, 9.17) is 0 Å². The van der Waals surface area contributed by atoms with E-state index in [0.29, 0.717) is 6.54 Å². The molecule has 2 aromatic rings. The van der Waals surface area contributed by atoms with E-state index in [1.807, 2.05) is 24.5 Å². The Morgan fingerprint density at radius 1 is 1.24 bits per heavy atom. The molecule has 4 rings (SSSR count). The van der Waals surface area contributed by atoms with E-state index in [0.717, 1.165) is 49.4 Å². The van der Waals surface area contributed by atoms with Gasteiger partial charge < -0.3 is 9.47 Å². The number of carbonyl (C=O) groups is 1. The van der Waals surface area contributed by atoms with Crippen LogP contribution >= 0.6 is 0 Å². The van der Waals surface area contributed by atoms with Crippen LogP contribution in [0.1, 0.15) is 40.3 Å². The number of hydrogen-bond acceptors (Lipinski definition) is 3. The van der Waals surface area contributed by atoms with Crippen molar-refractivity contribution in [3.8, 4) is 0 Å². The van der Waals surface area contributed by atoms with E-state index in [1.165, 1.54) is 12.0 Å². The fourth-order valence-electron chi connectivity index (χ4n) is 3.46. The van der Waals surface area contributed by atoms with Crippen molar-refractivity contribution in [3.63, 3.8) is 0 Å². The number of hydrogen-bond donors (Lipinski definition) is 0. The van der Waals surface area contributed by atoms with Gasteiger partial charge in [-0.2, -0.15) is 5.10 Å². The van der Waals surface area contributed by atoms with Gasteiger partial charge in [0.1, 0.15) is 5.69 Å². The normalized spacial score (nSPS) is 17.5. The van der Waals surface area contributed by atoms with E-state index in [2.05, 4.69) is 14.6 Å². The van der Waals surface area contributed by atoms with Crippen LogP contribution in [-0.4, -0.2) is 36.7 Å². The molecule has 1 amide bonds. The Bertz CT molecular complexity index is 699. The largest absolute Gasteiger partial charge is 0.331 e. The lowest BCUT2D eigenvalue weighted by molar-refractivity contribution is 0.0698. The van der Waals surface area contributed by atoms with E-state index < -0.39 is 0 Å². The summed E-state index contributed by atoms with van der Waals surface area (Å²) in [5.74, 6) is 0.112. The van der Waals surface area contributed by atoms with Crippen LogP contribution in [0.5, 0.6) is 0 Å². The number of aromatic nitrogens is 4. The highest BCUT2D eigenvalue weighted by Gasteiger charge is 2.29. The van der Waals surface area contributed by atoms with Gasteiger partial charge in [0.05, 0.1) is 24.3 Å². The highest BCUT2D eigenvalue weighted by Crippen LogP contribution is 2.25. The van der Waals surface area contributed by atoms with Crippen LogP contribution < -0.4 is 0 Å². The van der Waals surface area contributed by atoms with Gasteiger partial charge in [-0.3, -0.25) is 9.48 Å². The van der Waals surface area contributed by atoms with Crippen LogP contribution in [0.25, 0.3) is 0 Å². The summed E-state index contributed by atoms with van der Waals surface area (Å²) in [4.78, 5) is 19.0. The molecule has 1 aliphatic heterocycles. The molecule has 0 radical (unpaired) electrons. The third-order valence-electron chi connectivity index (χ3n) is 4.57. The Hall–Kier alpha value is -2.11. The highest BCUT2D eigenvalue weighted by molar-refractivity contribution is 5.94. The maximum atomic E-state index is 12.9. The first-order chi connectivity index (χ1) is 10.2. The van der Waals surface area contributed by atoms with E-state index in [1.54, 1.807) is 4.68 Å². The molecule has 110 valence electrons. The monoisotopic (exact) mass is 285 g/mol. The quantitative estimate of drug-likeness (QED) is 0.790. The van der Waals surface area contributed by atoms with Gasteiger partial charge >= 0.3 is 0 Å². The van der Waals surface area contributed by atoms with Gasteiger partial charge in [-0.05, 0) is 25.7 Å². The Morgan fingerprint density at radius 3 is 3.00 bits per heavy atom. The van der Waals surface area contributed by atoms with Crippen molar-refractivity contribution in [2.75, 3.05) is 6.54 Å². The second-order valence-corrected chi connectivity index (χ2v) is 5.91. The lowest BCUT2D eigenvalue weighted by atomic mass is 9.95. The smallest absolute Gasteiger partial charge is 0.272 e. The average Bonchev–Trinajstić information content (AvgIpc) is 3.08. The fourth-order valence-corrected chi connectivity index (χ4v) is 3.46. The molecule has 0 bridgehead atoms. The zero-order valence-corrected chi connectivity index (χ0v) is 12.2. The Kier molecular flexibility index (Phi) is 2.83. The molecule has 1 aliphatic carbocycles. The number of nitrogens with zero attached hydrogens (tertiary/aromatic N) is 5. The zero-order valence-electron chi connectivity index (χ0n) is 12.2. The standard InChI is InChI=1S/C15H19N5O/c1-18-14(12-4-2-3-5-13(12)17-18)15(21)19-6-7-20-10-16-8-11(20)9-19/h8,10H,2-7,9H2,1H3. The molecule has 0 spiro atoms. The van der Waals surface area contributed by atoms with E-state index in [-0.39, 0.29) is 5.91 Å². The molecule has 2 aliphatic rings. The molecule has 6 nitrogen and oxygen atoms in total. The molecule has 0 aromatic carbocycles. The summed E-state index contributed by atoms with van der Waals surface area (Å²) in [5, 5.41) is 4.55. The third kappa shape index (κ3) is 1.97. The van der Waals surface area contributed by atoms with Gasteiger partial charge in [0.15, 0.2) is 0 Å². The summed E-state index contributed by atoms with van der Waals surface area (Å²) in [7, 11) is 1.89. The van der Waals surface area contributed by atoms with Gasteiger partial charge in [0, 0.05) is 31.9 Å². The van der Waals surface area contributed by atoms with Crippen molar-refractivity contribution in [3.05, 3.63) is 35.2 Å². The molecular weight excluding hydrogens is 266 g/mol. The van der Waals surface area contributed by atoms with Crippen molar-refractivity contribution in [2.24, 2.45) is 7.05 Å². The first-order valence-electron chi connectivity index (χ1n) is 7.57. The van der Waals surface area contributed by atoms with Gasteiger partial charge in [0.25, 0.3) is 5.91 Å². The summed E-state index contributed by atoms with van der Waals surface area (Å²) in [5.41, 5.74) is 4.19. The zero-order chi connectivity index (χ0) is 14.4. The Morgan fingerprint density at radius 2 is 2.10 bits per heavy atom. The molecule has 0 atom stereocenters. The molecule has 0 N–H and O–H groups in total. The first-order valence-corrected chi connectivity index (χ1v) is 7.57. The van der Waals surface area contributed by atoms with Crippen LogP contribution in [0.2, 0.25) is 0 Å². The predicted molar refractivity (Wildman–Crippen MR) is 76.8 cm³/mol. The van der Waals surface area contributed by atoms with Crippen molar-refractivity contribution in [1.82, 2.24) is 24.2 Å². The molecule has 2 aromatic heterocycles. The van der Waals surface area contributed by atoms with Gasteiger partial charge in [0.2, 0.25) is 0 Å². The van der Waals surface area contributed by atoms with Gasteiger partial charge in [-0.15, -0.1) is 0 Å². The summed E-state index contributed by atoms with van der Waals surface area (Å²) in [6.07, 6.45) is 8.01. The van der Waals surface area contributed by atoms with E-state index in [9.17, 15) is 4.79 Å². The van der Waals surface area contributed by atoms with Crippen molar-refractivity contribution >= 4 is 5.91 Å². The van der Waals surface area contributed by atoms with Gasteiger partial charge in [-0.25, -0.2) is 4.98 Å². The number of amides is 1. The topological polar surface area (TPSA) is 56.0 Å². The van der Waals surface area contributed by atoms with Crippen molar-refractivity contribution < 1.29 is 4.79 Å². The predicted octanol–water partition coefficient (Wildman–Crippen LogP) is 1.15. The summed E-state index contributed by atoms with van der Waals surface area (Å²) < 4.78 is 3.90. The third-order valence-corrected chi connectivity index (χ3v) is 4.57. The number of fused-ring (bicyclic) bond motifs is 2. The second kappa shape index (κ2) is 4.72. The summed E-state index contributed by atoms with van der Waals surface area (Å²) >= 11 is 0. The maximum Gasteiger partial charge on any atom is 0.272 e. The number of imidazole rings is 1. The van der Waals surface area contributed by atoms with E-state index >= 15 is 0 Å². The average molecular weight is 285 g/mol. The molecule has 0 fully saturated rings. The van der Waals surface area contributed by atoms with Crippen LogP contribution in [0.4, 0.5) is 0 Å². The molecule has 0 saturated carbocycles. The first kappa shape index (κ1) is 12.6. The lowest BCUT2D eigenvalue weighted by Crippen LogP contribution is -2.39. The Balaban J connectivity index is 1.65. The minimum Gasteiger partial charge on any atom is -0.331 e. The molecule has 0 saturated heterocycles. The van der Waals surface area contributed by atoms with Crippen LogP contribution in [0, 0.1) is 0 Å². The maximum absolute atomic E-state index is 12.9. The fraction of sp³-hybridized carbons (Fsp3) is 0.533. The molecular formula is C15H19N5O. The molecule has 6 heteroatoms. The summed E-state index contributed by atoms with van der Waals surface area (Å²) in [6, 6.07) is 0. The number of carbonyl (C=O) groups excluding carboxylic acids is 1. The molecule has 0 unspecified atom stereocenters. The van der Waals surface area contributed by atoms with Crippen molar-refractivity contribution in [1.29, 1.82) is 0 Å². The van der Waals surface area contributed by atoms with Crippen LogP contribution in [0.3, 0.4) is 0 Å². The SMILES string of the molecule is Cn1nc2c(c1C(=O)N1CCn3cncc3C1)CCCC2. The van der Waals surface area contributed by atoms with Gasteiger partial charge in [-0.1, -0.05) is 0 Å². The highest BCUT2D eigenvalue weighted by atomic mass is 16.2. The molecule has 3 heterocycles. The number of rotatable bonds is 1. The minimum atomic E-state index is 0.112.